The molecular weight excluding hydrogens is 150 g/mol. The summed E-state index contributed by atoms with van der Waals surface area (Å²) in [6.07, 6.45) is 3.69. The van der Waals surface area contributed by atoms with Crippen LogP contribution < -0.4 is 5.32 Å². The van der Waals surface area contributed by atoms with Gasteiger partial charge in [-0.25, -0.2) is 8.42 Å². The van der Waals surface area contributed by atoms with Crippen LogP contribution in [0.1, 0.15) is 12.8 Å². The van der Waals surface area contributed by atoms with Crippen molar-refractivity contribution < 1.29 is 8.42 Å². The first-order chi connectivity index (χ1) is 4.58. The van der Waals surface area contributed by atoms with E-state index in [1.165, 1.54) is 19.1 Å². The topological polar surface area (TPSA) is 46.2 Å². The summed E-state index contributed by atoms with van der Waals surface area (Å²) in [7, 11) is -2.75. The molecule has 1 N–H and O–H groups in total. The lowest BCUT2D eigenvalue weighted by molar-refractivity contribution is 0.596. The van der Waals surface area contributed by atoms with Gasteiger partial charge < -0.3 is 5.32 Å². The molecule has 0 saturated heterocycles. The van der Waals surface area contributed by atoms with E-state index in [1.54, 1.807) is 0 Å². The van der Waals surface area contributed by atoms with Crippen molar-refractivity contribution in [2.75, 3.05) is 18.6 Å². The summed E-state index contributed by atoms with van der Waals surface area (Å²) in [5, 5.41) is 3.13. The third-order valence-electron chi connectivity index (χ3n) is 1.48. The second-order valence-corrected chi connectivity index (χ2v) is 5.12. The van der Waals surface area contributed by atoms with E-state index in [1.807, 2.05) is 0 Å². The summed E-state index contributed by atoms with van der Waals surface area (Å²) in [6.45, 7) is 0.615. The lowest BCUT2D eigenvalue weighted by Gasteiger charge is -1.98. The Kier molecular flexibility index (Phi) is 2.31. The first-order valence-corrected chi connectivity index (χ1v) is 5.55. The number of sulfone groups is 1. The van der Waals surface area contributed by atoms with Crippen LogP contribution in [0.25, 0.3) is 0 Å². The minimum atomic E-state index is -2.75. The van der Waals surface area contributed by atoms with Crippen molar-refractivity contribution in [1.29, 1.82) is 0 Å². The molecule has 4 heteroatoms. The summed E-state index contributed by atoms with van der Waals surface area (Å²) in [6, 6.07) is 0.613. The van der Waals surface area contributed by atoms with Crippen LogP contribution in [0.3, 0.4) is 0 Å². The van der Waals surface area contributed by atoms with E-state index >= 15 is 0 Å². The quantitative estimate of drug-likeness (QED) is 0.623. The van der Waals surface area contributed by atoms with E-state index in [4.69, 9.17) is 0 Å². The summed E-state index contributed by atoms with van der Waals surface area (Å²) >= 11 is 0. The molecule has 0 atom stereocenters. The fourth-order valence-electron chi connectivity index (χ4n) is 0.736. The van der Waals surface area contributed by atoms with E-state index in [-0.39, 0.29) is 5.75 Å². The molecule has 0 spiro atoms. The largest absolute Gasteiger partial charge is 0.313 e. The smallest absolute Gasteiger partial charge is 0.148 e. The van der Waals surface area contributed by atoms with Crippen LogP contribution in [0.15, 0.2) is 0 Å². The number of nitrogens with one attached hydrogen (secondary N) is 1. The molecule has 0 aromatic rings. The molecule has 3 nitrogen and oxygen atoms in total. The highest BCUT2D eigenvalue weighted by Gasteiger charge is 2.20. The van der Waals surface area contributed by atoms with Gasteiger partial charge in [0.05, 0.1) is 5.75 Å². The van der Waals surface area contributed by atoms with Crippen molar-refractivity contribution in [2.45, 2.75) is 18.9 Å². The van der Waals surface area contributed by atoms with Gasteiger partial charge in [-0.05, 0) is 12.8 Å². The summed E-state index contributed by atoms with van der Waals surface area (Å²) in [5.41, 5.74) is 0. The molecule has 1 fully saturated rings. The fraction of sp³-hybridized carbons (Fsp3) is 1.00. The maximum Gasteiger partial charge on any atom is 0.148 e. The van der Waals surface area contributed by atoms with Crippen molar-refractivity contribution in [1.82, 2.24) is 5.32 Å². The van der Waals surface area contributed by atoms with Gasteiger partial charge in [-0.3, -0.25) is 0 Å². The maximum atomic E-state index is 10.6. The van der Waals surface area contributed by atoms with Gasteiger partial charge >= 0.3 is 0 Å². The van der Waals surface area contributed by atoms with Crippen LogP contribution in [-0.2, 0) is 9.84 Å². The first kappa shape index (κ1) is 8.01. The van der Waals surface area contributed by atoms with Crippen molar-refractivity contribution in [3.8, 4) is 0 Å². The molecule has 0 aliphatic heterocycles. The highest BCUT2D eigenvalue weighted by Crippen LogP contribution is 2.17. The Hall–Kier alpha value is -0.0900. The Balaban J connectivity index is 2.04. The van der Waals surface area contributed by atoms with Crippen LogP contribution in [0.2, 0.25) is 0 Å². The van der Waals surface area contributed by atoms with Gasteiger partial charge in [-0.1, -0.05) is 0 Å². The molecular formula is C6H13NO2S. The van der Waals surface area contributed by atoms with Crippen molar-refractivity contribution >= 4 is 9.84 Å². The minimum Gasteiger partial charge on any atom is -0.313 e. The van der Waals surface area contributed by atoms with E-state index in [0.717, 1.165) is 0 Å². The Morgan fingerprint density at radius 1 is 1.50 bits per heavy atom. The van der Waals surface area contributed by atoms with Crippen LogP contribution in [-0.4, -0.2) is 33.0 Å². The predicted octanol–water partition coefficient (Wildman–Crippen LogP) is -0.217. The Labute approximate surface area is 61.7 Å². The zero-order valence-corrected chi connectivity index (χ0v) is 6.95. The van der Waals surface area contributed by atoms with Crippen molar-refractivity contribution in [2.24, 2.45) is 0 Å². The van der Waals surface area contributed by atoms with E-state index < -0.39 is 9.84 Å². The van der Waals surface area contributed by atoms with Gasteiger partial charge in [0.2, 0.25) is 0 Å². The van der Waals surface area contributed by atoms with Crippen molar-refractivity contribution in [3.05, 3.63) is 0 Å². The highest BCUT2D eigenvalue weighted by molar-refractivity contribution is 7.90. The zero-order valence-electron chi connectivity index (χ0n) is 6.13. The van der Waals surface area contributed by atoms with E-state index in [0.29, 0.717) is 12.6 Å². The molecule has 10 heavy (non-hydrogen) atoms. The molecule has 1 saturated carbocycles. The number of hydrogen-bond acceptors (Lipinski definition) is 3. The molecule has 0 radical (unpaired) electrons. The zero-order chi connectivity index (χ0) is 7.61. The minimum absolute atomic E-state index is 0.267. The average molecular weight is 163 g/mol. The molecule has 0 aromatic heterocycles. The lowest BCUT2D eigenvalue weighted by atomic mass is 10.6. The Morgan fingerprint density at radius 3 is 2.50 bits per heavy atom. The third kappa shape index (κ3) is 3.85. The second kappa shape index (κ2) is 2.88. The summed E-state index contributed by atoms with van der Waals surface area (Å²) in [5.74, 6) is 0.267. The van der Waals surface area contributed by atoms with Crippen LogP contribution in [0, 0.1) is 0 Å². The predicted molar refractivity (Wildman–Crippen MR) is 40.7 cm³/mol. The third-order valence-corrected chi connectivity index (χ3v) is 2.43. The number of hydrogen-bond donors (Lipinski definition) is 1. The molecule has 0 aromatic carbocycles. The lowest BCUT2D eigenvalue weighted by Crippen LogP contribution is -2.23. The molecule has 1 aliphatic carbocycles. The highest BCUT2D eigenvalue weighted by atomic mass is 32.2. The van der Waals surface area contributed by atoms with Crippen LogP contribution >= 0.6 is 0 Å². The molecule has 1 rings (SSSR count). The second-order valence-electron chi connectivity index (χ2n) is 2.86. The average Bonchev–Trinajstić information content (AvgIpc) is 2.45. The Morgan fingerprint density at radius 2 is 2.10 bits per heavy atom. The molecule has 0 heterocycles. The maximum absolute atomic E-state index is 10.6. The summed E-state index contributed by atoms with van der Waals surface area (Å²) < 4.78 is 21.2. The van der Waals surface area contributed by atoms with Crippen LogP contribution in [0.4, 0.5) is 0 Å². The molecule has 0 amide bonds. The SMILES string of the molecule is CS(=O)(=O)CCNC1CC1. The summed E-state index contributed by atoms with van der Waals surface area (Å²) in [4.78, 5) is 0. The molecule has 1 aliphatic rings. The van der Waals surface area contributed by atoms with Crippen LogP contribution in [0.5, 0.6) is 0 Å². The monoisotopic (exact) mass is 163 g/mol. The van der Waals surface area contributed by atoms with E-state index in [2.05, 4.69) is 5.32 Å². The van der Waals surface area contributed by atoms with Crippen molar-refractivity contribution in [3.63, 3.8) is 0 Å². The van der Waals surface area contributed by atoms with Gasteiger partial charge in [-0.2, -0.15) is 0 Å². The Bertz CT molecular complexity index is 194. The van der Waals surface area contributed by atoms with Gasteiger partial charge in [-0.15, -0.1) is 0 Å². The standard InChI is InChI=1S/C6H13NO2S/c1-10(8,9)5-4-7-6-2-3-6/h6-7H,2-5H2,1H3. The first-order valence-electron chi connectivity index (χ1n) is 3.49. The van der Waals surface area contributed by atoms with Gasteiger partial charge in [0.15, 0.2) is 0 Å². The normalized spacial score (nSPS) is 19.3. The van der Waals surface area contributed by atoms with E-state index in [9.17, 15) is 8.42 Å². The van der Waals surface area contributed by atoms with Gasteiger partial charge in [0, 0.05) is 18.8 Å². The van der Waals surface area contributed by atoms with Gasteiger partial charge in [0.1, 0.15) is 9.84 Å². The molecule has 0 unspecified atom stereocenters. The molecule has 0 bridgehead atoms. The fourth-order valence-corrected chi connectivity index (χ4v) is 1.22. The molecule has 60 valence electrons. The van der Waals surface area contributed by atoms with Gasteiger partial charge in [0.25, 0.3) is 0 Å². The number of rotatable bonds is 4.